The minimum Gasteiger partial charge on any atom is -0.406 e. The second kappa shape index (κ2) is 3.93. The SMILES string of the molecule is CC(C)C1(c2ccc(OC(F)(F)F)cc2)CC1. The summed E-state index contributed by atoms with van der Waals surface area (Å²) in [5, 5.41) is 0. The lowest BCUT2D eigenvalue weighted by molar-refractivity contribution is -0.274. The maximum atomic E-state index is 12.0. The molecule has 0 radical (unpaired) electrons. The van der Waals surface area contributed by atoms with Crippen LogP contribution in [0.2, 0.25) is 0 Å². The monoisotopic (exact) mass is 244 g/mol. The van der Waals surface area contributed by atoms with Gasteiger partial charge in [-0.15, -0.1) is 13.2 Å². The average molecular weight is 244 g/mol. The van der Waals surface area contributed by atoms with E-state index in [4.69, 9.17) is 0 Å². The summed E-state index contributed by atoms with van der Waals surface area (Å²) in [6, 6.07) is 6.28. The van der Waals surface area contributed by atoms with Gasteiger partial charge >= 0.3 is 6.36 Å². The Morgan fingerprint density at radius 2 is 1.65 bits per heavy atom. The third-order valence-electron chi connectivity index (χ3n) is 3.56. The highest BCUT2D eigenvalue weighted by Gasteiger charge is 2.46. The summed E-state index contributed by atoms with van der Waals surface area (Å²) in [5.41, 5.74) is 1.29. The van der Waals surface area contributed by atoms with E-state index in [0.29, 0.717) is 5.92 Å². The zero-order valence-corrected chi connectivity index (χ0v) is 9.84. The largest absolute Gasteiger partial charge is 0.573 e. The molecule has 2 rings (SSSR count). The van der Waals surface area contributed by atoms with Crippen molar-refractivity contribution in [2.45, 2.75) is 38.5 Å². The third-order valence-corrected chi connectivity index (χ3v) is 3.56. The first-order valence-corrected chi connectivity index (χ1v) is 5.70. The van der Waals surface area contributed by atoms with E-state index in [-0.39, 0.29) is 11.2 Å². The Balaban J connectivity index is 2.14. The fraction of sp³-hybridized carbons (Fsp3) is 0.538. The lowest BCUT2D eigenvalue weighted by atomic mass is 9.85. The first-order chi connectivity index (χ1) is 7.83. The molecular weight excluding hydrogens is 229 g/mol. The van der Waals surface area contributed by atoms with Crippen molar-refractivity contribution in [2.24, 2.45) is 5.92 Å². The molecule has 1 saturated carbocycles. The minimum absolute atomic E-state index is 0.152. The van der Waals surface area contributed by atoms with Crippen molar-refractivity contribution in [3.05, 3.63) is 29.8 Å². The summed E-state index contributed by atoms with van der Waals surface area (Å²) >= 11 is 0. The van der Waals surface area contributed by atoms with Gasteiger partial charge in [-0.3, -0.25) is 0 Å². The van der Waals surface area contributed by atoms with Crippen LogP contribution in [0.15, 0.2) is 24.3 Å². The Bertz CT molecular complexity index is 388. The highest BCUT2D eigenvalue weighted by atomic mass is 19.4. The fourth-order valence-corrected chi connectivity index (χ4v) is 2.32. The number of hydrogen-bond donors (Lipinski definition) is 0. The second-order valence-electron chi connectivity index (χ2n) is 4.88. The zero-order chi connectivity index (χ0) is 12.7. The predicted octanol–water partition coefficient (Wildman–Crippen LogP) is 4.27. The summed E-state index contributed by atoms with van der Waals surface area (Å²) in [6.45, 7) is 4.29. The van der Waals surface area contributed by atoms with Crippen molar-refractivity contribution in [1.29, 1.82) is 0 Å². The minimum atomic E-state index is -4.61. The van der Waals surface area contributed by atoms with Gasteiger partial charge in [-0.1, -0.05) is 26.0 Å². The first-order valence-electron chi connectivity index (χ1n) is 5.70. The van der Waals surface area contributed by atoms with Crippen LogP contribution in [0.1, 0.15) is 32.3 Å². The lowest BCUT2D eigenvalue weighted by Gasteiger charge is -2.20. The fourth-order valence-electron chi connectivity index (χ4n) is 2.32. The van der Waals surface area contributed by atoms with Gasteiger partial charge in [-0.2, -0.15) is 0 Å². The summed E-state index contributed by atoms with van der Waals surface area (Å²) in [4.78, 5) is 0. The van der Waals surface area contributed by atoms with Crippen LogP contribution in [0, 0.1) is 5.92 Å². The Labute approximate surface area is 98.6 Å². The molecule has 0 aliphatic heterocycles. The Hall–Kier alpha value is -1.19. The van der Waals surface area contributed by atoms with E-state index in [9.17, 15) is 13.2 Å². The van der Waals surface area contributed by atoms with Crippen LogP contribution in [-0.4, -0.2) is 6.36 Å². The van der Waals surface area contributed by atoms with Crippen molar-refractivity contribution in [1.82, 2.24) is 0 Å². The van der Waals surface area contributed by atoms with Gasteiger partial charge in [0.05, 0.1) is 0 Å². The van der Waals surface area contributed by atoms with Crippen LogP contribution in [0.25, 0.3) is 0 Å². The van der Waals surface area contributed by atoms with Gasteiger partial charge in [0.15, 0.2) is 0 Å². The Morgan fingerprint density at radius 3 is 2.00 bits per heavy atom. The van der Waals surface area contributed by atoms with Crippen LogP contribution in [-0.2, 0) is 5.41 Å². The maximum absolute atomic E-state index is 12.0. The number of ether oxygens (including phenoxy) is 1. The Kier molecular flexibility index (Phi) is 2.84. The highest BCUT2D eigenvalue weighted by Crippen LogP contribution is 2.53. The van der Waals surface area contributed by atoms with E-state index in [1.165, 1.54) is 12.1 Å². The van der Waals surface area contributed by atoms with Gasteiger partial charge in [0.1, 0.15) is 5.75 Å². The van der Waals surface area contributed by atoms with E-state index in [1.807, 2.05) is 0 Å². The van der Waals surface area contributed by atoms with Crippen LogP contribution in [0.4, 0.5) is 13.2 Å². The van der Waals surface area contributed by atoms with Gasteiger partial charge in [0, 0.05) is 0 Å². The smallest absolute Gasteiger partial charge is 0.406 e. The van der Waals surface area contributed by atoms with Crippen LogP contribution < -0.4 is 4.74 Å². The van der Waals surface area contributed by atoms with E-state index in [0.717, 1.165) is 18.4 Å². The number of alkyl halides is 3. The molecule has 1 aromatic carbocycles. The van der Waals surface area contributed by atoms with Crippen molar-refractivity contribution in [3.63, 3.8) is 0 Å². The summed E-state index contributed by atoms with van der Waals surface area (Å²) in [5.74, 6) is 0.359. The first kappa shape index (κ1) is 12.3. The molecule has 0 saturated heterocycles. The summed E-state index contributed by atoms with van der Waals surface area (Å²) in [6.07, 6.45) is -2.38. The number of halogens is 3. The van der Waals surface area contributed by atoms with Crippen LogP contribution >= 0.6 is 0 Å². The molecule has 0 aromatic heterocycles. The molecule has 0 heterocycles. The highest BCUT2D eigenvalue weighted by molar-refractivity contribution is 5.36. The molecule has 0 unspecified atom stereocenters. The summed E-state index contributed by atoms with van der Waals surface area (Å²) in [7, 11) is 0. The van der Waals surface area contributed by atoms with Gasteiger partial charge in [0.25, 0.3) is 0 Å². The molecular formula is C13H15F3O. The van der Waals surface area contributed by atoms with Gasteiger partial charge < -0.3 is 4.74 Å². The molecule has 94 valence electrons. The standard InChI is InChI=1S/C13H15F3O/c1-9(2)12(7-8-12)10-3-5-11(6-4-10)17-13(14,15)16/h3-6,9H,7-8H2,1-2H3. The van der Waals surface area contributed by atoms with Gasteiger partial charge in [-0.25, -0.2) is 0 Å². The molecule has 0 bridgehead atoms. The average Bonchev–Trinajstić information content (AvgIpc) is 2.97. The van der Waals surface area contributed by atoms with Crippen molar-refractivity contribution < 1.29 is 17.9 Å². The molecule has 1 aliphatic rings. The molecule has 1 fully saturated rings. The molecule has 1 aromatic rings. The van der Waals surface area contributed by atoms with Crippen molar-refractivity contribution >= 4 is 0 Å². The number of benzene rings is 1. The molecule has 1 nitrogen and oxygen atoms in total. The van der Waals surface area contributed by atoms with E-state index < -0.39 is 6.36 Å². The van der Waals surface area contributed by atoms with Gasteiger partial charge in [-0.05, 0) is 41.9 Å². The molecule has 0 N–H and O–H groups in total. The maximum Gasteiger partial charge on any atom is 0.573 e. The zero-order valence-electron chi connectivity index (χ0n) is 9.84. The molecule has 0 amide bonds. The number of rotatable bonds is 3. The Morgan fingerprint density at radius 1 is 1.12 bits per heavy atom. The summed E-state index contributed by atoms with van der Waals surface area (Å²) < 4.78 is 39.8. The molecule has 0 atom stereocenters. The normalized spacial score (nSPS) is 18.2. The topological polar surface area (TPSA) is 9.23 Å². The van der Waals surface area contributed by atoms with Crippen LogP contribution in [0.5, 0.6) is 5.75 Å². The molecule has 4 heteroatoms. The van der Waals surface area contributed by atoms with Crippen molar-refractivity contribution in [2.75, 3.05) is 0 Å². The number of hydrogen-bond acceptors (Lipinski definition) is 1. The van der Waals surface area contributed by atoms with E-state index >= 15 is 0 Å². The third kappa shape index (κ3) is 2.56. The predicted molar refractivity (Wildman–Crippen MR) is 58.9 cm³/mol. The van der Waals surface area contributed by atoms with E-state index in [1.54, 1.807) is 12.1 Å². The quantitative estimate of drug-likeness (QED) is 0.771. The second-order valence-corrected chi connectivity index (χ2v) is 4.88. The molecule has 0 spiro atoms. The molecule has 1 aliphatic carbocycles. The van der Waals surface area contributed by atoms with Crippen LogP contribution in [0.3, 0.4) is 0 Å². The van der Waals surface area contributed by atoms with Gasteiger partial charge in [0.2, 0.25) is 0 Å². The lowest BCUT2D eigenvalue weighted by Crippen LogP contribution is -2.18. The molecule has 17 heavy (non-hydrogen) atoms. The van der Waals surface area contributed by atoms with Crippen molar-refractivity contribution in [3.8, 4) is 5.75 Å². The van der Waals surface area contributed by atoms with E-state index in [2.05, 4.69) is 18.6 Å².